The van der Waals surface area contributed by atoms with Crippen molar-refractivity contribution in [2.45, 2.75) is 6.42 Å². The molecule has 0 aromatic heterocycles. The first-order chi connectivity index (χ1) is 7.36. The van der Waals surface area contributed by atoms with Crippen LogP contribution in [0.15, 0.2) is 36.4 Å². The van der Waals surface area contributed by atoms with E-state index in [9.17, 15) is 4.79 Å². The molecule has 0 unspecified atom stereocenters. The lowest BCUT2D eigenvalue weighted by Gasteiger charge is -2.07. The van der Waals surface area contributed by atoms with Gasteiger partial charge in [-0.1, -0.05) is 48.6 Å². The fraction of sp³-hybridized carbons (Fsp3) is 0.0714. The Balaban J connectivity index is 2.58. The Morgan fingerprint density at radius 2 is 1.93 bits per heavy atom. The van der Waals surface area contributed by atoms with Gasteiger partial charge in [0.05, 0.1) is 0 Å². The summed E-state index contributed by atoms with van der Waals surface area (Å²) in [6, 6.07) is 6.15. The molecule has 0 spiro atoms. The highest BCUT2D eigenvalue weighted by Crippen LogP contribution is 2.10. The molecule has 2 aliphatic carbocycles. The fourth-order valence-corrected chi connectivity index (χ4v) is 2.15. The van der Waals surface area contributed by atoms with Crippen molar-refractivity contribution in [3.8, 4) is 0 Å². The number of Topliss-reactive ketones (excluding diaryl/α,β-unsaturated/α-hetero) is 1. The lowest BCUT2D eigenvalue weighted by Crippen LogP contribution is -2.34. The van der Waals surface area contributed by atoms with E-state index in [1.807, 2.05) is 30.4 Å². The summed E-state index contributed by atoms with van der Waals surface area (Å²) >= 11 is 0. The average Bonchev–Trinajstić information content (AvgIpc) is 2.48. The third-order valence-electron chi connectivity index (χ3n) is 2.86. The highest BCUT2D eigenvalue weighted by atomic mass is 16.1. The van der Waals surface area contributed by atoms with Gasteiger partial charge < -0.3 is 0 Å². The van der Waals surface area contributed by atoms with E-state index >= 15 is 0 Å². The molecule has 0 saturated carbocycles. The summed E-state index contributed by atoms with van der Waals surface area (Å²) < 4.78 is 0. The first kappa shape index (κ1) is 8.42. The zero-order chi connectivity index (χ0) is 10.3. The summed E-state index contributed by atoms with van der Waals surface area (Å²) in [6.07, 6.45) is 10.4. The Morgan fingerprint density at radius 3 is 2.87 bits per heavy atom. The Hall–Kier alpha value is -1.89. The van der Waals surface area contributed by atoms with Gasteiger partial charge in [-0.2, -0.15) is 0 Å². The molecule has 1 heteroatoms. The Kier molecular flexibility index (Phi) is 1.72. The number of benzene rings is 1. The van der Waals surface area contributed by atoms with Crippen molar-refractivity contribution in [3.05, 3.63) is 52.4 Å². The van der Waals surface area contributed by atoms with Gasteiger partial charge in [0, 0.05) is 12.0 Å². The fourth-order valence-electron chi connectivity index (χ4n) is 2.15. The van der Waals surface area contributed by atoms with Crippen molar-refractivity contribution >= 4 is 23.5 Å². The number of allylic oxidation sites excluding steroid dienone is 3. The molecule has 1 aromatic carbocycles. The molecule has 0 heterocycles. The Labute approximate surface area is 87.7 Å². The minimum Gasteiger partial charge on any atom is -0.294 e. The zero-order valence-electron chi connectivity index (χ0n) is 8.23. The molecule has 0 atom stereocenters. The minimum atomic E-state index is 0.218. The van der Waals surface area contributed by atoms with Gasteiger partial charge in [0.15, 0.2) is 5.78 Å². The smallest absolute Gasteiger partial charge is 0.167 e. The molecule has 72 valence electrons. The summed E-state index contributed by atoms with van der Waals surface area (Å²) in [6.45, 7) is 0. The van der Waals surface area contributed by atoms with Gasteiger partial charge in [0.2, 0.25) is 0 Å². The predicted molar refractivity (Wildman–Crippen MR) is 61.4 cm³/mol. The van der Waals surface area contributed by atoms with Crippen LogP contribution in [-0.2, 0) is 4.79 Å². The Bertz CT molecular complexity index is 615. The normalized spacial score (nSPS) is 17.1. The predicted octanol–water partition coefficient (Wildman–Crippen LogP) is 1.17. The average molecular weight is 194 g/mol. The van der Waals surface area contributed by atoms with E-state index in [0.29, 0.717) is 6.42 Å². The molecule has 3 rings (SSSR count). The van der Waals surface area contributed by atoms with Crippen LogP contribution in [0.1, 0.15) is 12.0 Å². The number of carbonyl (C=O) groups excluding carboxylic acids is 1. The molecule has 1 nitrogen and oxygen atoms in total. The van der Waals surface area contributed by atoms with Crippen LogP contribution < -0.4 is 10.4 Å². The van der Waals surface area contributed by atoms with E-state index in [1.165, 1.54) is 5.22 Å². The molecule has 2 aliphatic rings. The number of carbonyl (C=O) groups is 1. The largest absolute Gasteiger partial charge is 0.294 e. The standard InChI is InChI=1S/C14H10O/c15-13-9-8-11-6-3-5-10-4-1-2-7-12(13)14(10)11/h1-8H,9H2. The summed E-state index contributed by atoms with van der Waals surface area (Å²) in [5.41, 5.74) is 1.99. The second-order valence-electron chi connectivity index (χ2n) is 3.77. The lowest BCUT2D eigenvalue weighted by molar-refractivity contribution is -0.112. The molecule has 0 fully saturated rings. The van der Waals surface area contributed by atoms with Crippen LogP contribution in [0.25, 0.3) is 17.7 Å². The monoisotopic (exact) mass is 194 g/mol. The van der Waals surface area contributed by atoms with Crippen molar-refractivity contribution in [2.24, 2.45) is 0 Å². The van der Waals surface area contributed by atoms with Gasteiger partial charge in [0.25, 0.3) is 0 Å². The lowest BCUT2D eigenvalue weighted by atomic mass is 9.96. The number of hydrogen-bond donors (Lipinski definition) is 0. The zero-order valence-corrected chi connectivity index (χ0v) is 8.23. The molecule has 0 N–H and O–H groups in total. The summed E-state index contributed by atoms with van der Waals surface area (Å²) in [5.74, 6) is 0.218. The highest BCUT2D eigenvalue weighted by molar-refractivity contribution is 6.21. The van der Waals surface area contributed by atoms with E-state index in [1.54, 1.807) is 0 Å². The number of rotatable bonds is 0. The minimum absolute atomic E-state index is 0.218. The topological polar surface area (TPSA) is 17.1 Å². The van der Waals surface area contributed by atoms with Crippen molar-refractivity contribution in [2.75, 3.05) is 0 Å². The van der Waals surface area contributed by atoms with E-state index in [-0.39, 0.29) is 5.78 Å². The molecule has 0 aliphatic heterocycles. The van der Waals surface area contributed by atoms with Gasteiger partial charge in [-0.05, 0) is 16.0 Å². The third kappa shape index (κ3) is 1.20. The van der Waals surface area contributed by atoms with Crippen LogP contribution in [0.2, 0.25) is 0 Å². The highest BCUT2D eigenvalue weighted by Gasteiger charge is 2.13. The van der Waals surface area contributed by atoms with Crippen LogP contribution in [0.4, 0.5) is 0 Å². The maximum absolute atomic E-state index is 11.8. The molecule has 1 aromatic rings. The van der Waals surface area contributed by atoms with E-state index in [0.717, 1.165) is 16.4 Å². The van der Waals surface area contributed by atoms with Crippen molar-refractivity contribution in [1.82, 2.24) is 0 Å². The molecule has 0 amide bonds. The maximum atomic E-state index is 11.8. The van der Waals surface area contributed by atoms with Gasteiger partial charge in [-0.25, -0.2) is 0 Å². The first-order valence-electron chi connectivity index (χ1n) is 5.08. The quantitative estimate of drug-likeness (QED) is 0.606. The number of hydrogen-bond acceptors (Lipinski definition) is 1. The maximum Gasteiger partial charge on any atom is 0.167 e. The second kappa shape index (κ2) is 3.06. The van der Waals surface area contributed by atoms with Crippen LogP contribution in [0.5, 0.6) is 0 Å². The van der Waals surface area contributed by atoms with Crippen molar-refractivity contribution < 1.29 is 4.79 Å². The van der Waals surface area contributed by atoms with Crippen LogP contribution in [-0.4, -0.2) is 5.78 Å². The number of ketones is 1. The Morgan fingerprint density at radius 1 is 1.07 bits per heavy atom. The summed E-state index contributed by atoms with van der Waals surface area (Å²) in [7, 11) is 0. The molecule has 15 heavy (non-hydrogen) atoms. The van der Waals surface area contributed by atoms with Crippen LogP contribution in [0.3, 0.4) is 0 Å². The van der Waals surface area contributed by atoms with Gasteiger partial charge in [-0.3, -0.25) is 4.79 Å². The molecular formula is C14H10O. The SMILES string of the molecule is O=C1CC=c2cccc3c2=C1C=CC=C3. The van der Waals surface area contributed by atoms with Crippen LogP contribution in [0, 0.1) is 0 Å². The van der Waals surface area contributed by atoms with E-state index in [4.69, 9.17) is 0 Å². The van der Waals surface area contributed by atoms with Crippen molar-refractivity contribution in [1.29, 1.82) is 0 Å². The van der Waals surface area contributed by atoms with Gasteiger partial charge in [-0.15, -0.1) is 0 Å². The van der Waals surface area contributed by atoms with Gasteiger partial charge in [0.1, 0.15) is 0 Å². The molecular weight excluding hydrogens is 184 g/mol. The summed E-state index contributed by atoms with van der Waals surface area (Å²) in [4.78, 5) is 11.8. The van der Waals surface area contributed by atoms with E-state index in [2.05, 4.69) is 18.2 Å². The first-order valence-corrected chi connectivity index (χ1v) is 5.08. The van der Waals surface area contributed by atoms with Crippen molar-refractivity contribution in [3.63, 3.8) is 0 Å². The van der Waals surface area contributed by atoms with Gasteiger partial charge >= 0.3 is 0 Å². The van der Waals surface area contributed by atoms with Crippen LogP contribution >= 0.6 is 0 Å². The molecule has 0 radical (unpaired) electrons. The molecule has 0 saturated heterocycles. The second-order valence-corrected chi connectivity index (χ2v) is 3.77. The molecule has 0 bridgehead atoms. The summed E-state index contributed by atoms with van der Waals surface area (Å²) in [5, 5.41) is 2.28. The third-order valence-corrected chi connectivity index (χ3v) is 2.86. The van der Waals surface area contributed by atoms with E-state index < -0.39 is 0 Å².